The van der Waals surface area contributed by atoms with Crippen LogP contribution in [0.1, 0.15) is 18.5 Å². The van der Waals surface area contributed by atoms with Crippen LogP contribution in [0.15, 0.2) is 36.7 Å². The molecule has 2 aromatic rings. The number of halogens is 4. The molecule has 0 bridgehead atoms. The molecule has 134 valence electrons. The van der Waals surface area contributed by atoms with Crippen molar-refractivity contribution in [2.24, 2.45) is 5.92 Å². The van der Waals surface area contributed by atoms with Gasteiger partial charge in [-0.1, -0.05) is 17.7 Å². The predicted octanol–water partition coefficient (Wildman–Crippen LogP) is 4.44. The van der Waals surface area contributed by atoms with E-state index in [0.717, 1.165) is 18.9 Å². The van der Waals surface area contributed by atoms with Crippen LogP contribution in [0.4, 0.5) is 19.0 Å². The molecule has 0 amide bonds. The number of nitrogens with zero attached hydrogens (tertiary/aromatic N) is 3. The van der Waals surface area contributed by atoms with Crippen molar-refractivity contribution in [2.45, 2.75) is 19.0 Å². The Bertz CT molecular complexity index is 718. The van der Waals surface area contributed by atoms with E-state index in [1.54, 1.807) is 18.3 Å². The monoisotopic (exact) mass is 371 g/mol. The molecule has 1 saturated heterocycles. The van der Waals surface area contributed by atoms with Crippen LogP contribution in [-0.4, -0.2) is 29.7 Å². The number of piperidine rings is 1. The first-order valence-corrected chi connectivity index (χ1v) is 8.33. The lowest BCUT2D eigenvalue weighted by Gasteiger charge is -2.33. The van der Waals surface area contributed by atoms with Gasteiger partial charge in [0.05, 0.1) is 6.61 Å². The topological polar surface area (TPSA) is 38.2 Å². The summed E-state index contributed by atoms with van der Waals surface area (Å²) in [7, 11) is 0. The Labute approximate surface area is 148 Å². The number of pyridine rings is 2. The van der Waals surface area contributed by atoms with Gasteiger partial charge in [0.25, 0.3) is 0 Å². The largest absolute Gasteiger partial charge is 0.492 e. The van der Waals surface area contributed by atoms with Crippen LogP contribution in [0, 0.1) is 5.92 Å². The molecule has 2 aromatic heterocycles. The molecular weight excluding hydrogens is 355 g/mol. The maximum Gasteiger partial charge on any atom is 0.433 e. The fraction of sp³-hybridized carbons (Fsp3) is 0.412. The third-order valence-corrected chi connectivity index (χ3v) is 4.46. The first-order valence-electron chi connectivity index (χ1n) is 7.95. The van der Waals surface area contributed by atoms with E-state index in [4.69, 9.17) is 16.3 Å². The van der Waals surface area contributed by atoms with Gasteiger partial charge in [0.15, 0.2) is 0 Å². The van der Waals surface area contributed by atoms with E-state index < -0.39 is 11.9 Å². The van der Waals surface area contributed by atoms with E-state index in [2.05, 4.69) is 9.97 Å². The van der Waals surface area contributed by atoms with Gasteiger partial charge in [-0.05, 0) is 30.9 Å². The van der Waals surface area contributed by atoms with Crippen molar-refractivity contribution in [1.82, 2.24) is 9.97 Å². The van der Waals surface area contributed by atoms with E-state index in [-0.39, 0.29) is 0 Å². The molecule has 25 heavy (non-hydrogen) atoms. The molecule has 0 unspecified atom stereocenters. The molecule has 0 atom stereocenters. The second-order valence-corrected chi connectivity index (χ2v) is 6.33. The number of alkyl halides is 3. The van der Waals surface area contributed by atoms with Crippen molar-refractivity contribution in [2.75, 3.05) is 24.6 Å². The normalized spacial score (nSPS) is 16.1. The second kappa shape index (κ2) is 7.47. The van der Waals surface area contributed by atoms with E-state index in [0.29, 0.717) is 42.2 Å². The van der Waals surface area contributed by atoms with Crippen molar-refractivity contribution >= 4 is 17.4 Å². The zero-order valence-corrected chi connectivity index (χ0v) is 14.1. The molecule has 8 heteroatoms. The van der Waals surface area contributed by atoms with Crippen molar-refractivity contribution < 1.29 is 17.9 Å². The third kappa shape index (κ3) is 4.54. The number of rotatable bonds is 4. The predicted molar refractivity (Wildman–Crippen MR) is 88.9 cm³/mol. The highest BCUT2D eigenvalue weighted by molar-refractivity contribution is 6.31. The van der Waals surface area contributed by atoms with Crippen LogP contribution in [0.25, 0.3) is 0 Å². The molecule has 0 aliphatic carbocycles. The molecule has 1 aliphatic heterocycles. The smallest absolute Gasteiger partial charge is 0.433 e. The minimum Gasteiger partial charge on any atom is -0.492 e. The molecule has 3 rings (SSSR count). The number of hydrogen-bond donors (Lipinski definition) is 0. The second-order valence-electron chi connectivity index (χ2n) is 5.93. The Morgan fingerprint density at radius 1 is 1.20 bits per heavy atom. The Morgan fingerprint density at radius 2 is 1.96 bits per heavy atom. The maximum atomic E-state index is 12.8. The molecule has 1 aliphatic rings. The van der Waals surface area contributed by atoms with Crippen LogP contribution in [-0.2, 0) is 6.18 Å². The molecule has 0 N–H and O–H groups in total. The summed E-state index contributed by atoms with van der Waals surface area (Å²) in [6, 6.07) is 5.71. The zero-order valence-electron chi connectivity index (χ0n) is 13.3. The Hall–Kier alpha value is -2.02. The van der Waals surface area contributed by atoms with Gasteiger partial charge in [0, 0.05) is 31.5 Å². The summed E-state index contributed by atoms with van der Waals surface area (Å²) in [5.41, 5.74) is -0.859. The van der Waals surface area contributed by atoms with Crippen LogP contribution in [0.3, 0.4) is 0 Å². The van der Waals surface area contributed by atoms with E-state index in [1.807, 2.05) is 4.90 Å². The molecule has 0 saturated carbocycles. The maximum absolute atomic E-state index is 12.8. The van der Waals surface area contributed by atoms with Gasteiger partial charge in [-0.2, -0.15) is 13.2 Å². The number of ether oxygens (including phenoxy) is 1. The summed E-state index contributed by atoms with van der Waals surface area (Å²) in [4.78, 5) is 9.53. The van der Waals surface area contributed by atoms with Crippen LogP contribution < -0.4 is 9.64 Å². The Balaban J connectivity index is 1.55. The minimum absolute atomic E-state index is 0.325. The Morgan fingerprint density at radius 3 is 2.64 bits per heavy atom. The summed E-state index contributed by atoms with van der Waals surface area (Å²) in [6.07, 6.45) is 0.356. The van der Waals surface area contributed by atoms with Crippen molar-refractivity contribution in [3.8, 4) is 5.75 Å². The molecule has 1 fully saturated rings. The molecular formula is C17H17ClF3N3O. The van der Waals surface area contributed by atoms with Crippen LogP contribution in [0.5, 0.6) is 5.75 Å². The standard InChI is InChI=1S/C17H17ClF3N3O/c18-13-10-22-7-4-14(13)25-11-12-5-8-24(9-6-12)16-3-1-2-15(23-16)17(19,20)21/h1-4,7,10,12H,5-6,8-9,11H2. The van der Waals surface area contributed by atoms with Gasteiger partial charge >= 0.3 is 6.18 Å². The highest BCUT2D eigenvalue weighted by atomic mass is 35.5. The molecule has 0 radical (unpaired) electrons. The van der Waals surface area contributed by atoms with Gasteiger partial charge in [-0.15, -0.1) is 0 Å². The van der Waals surface area contributed by atoms with Gasteiger partial charge in [-0.3, -0.25) is 4.98 Å². The molecule has 3 heterocycles. The number of anilines is 1. The fourth-order valence-corrected chi connectivity index (χ4v) is 2.95. The number of aromatic nitrogens is 2. The lowest BCUT2D eigenvalue weighted by atomic mass is 9.98. The van der Waals surface area contributed by atoms with Gasteiger partial charge in [-0.25, -0.2) is 4.98 Å². The lowest BCUT2D eigenvalue weighted by Crippen LogP contribution is -2.36. The van der Waals surface area contributed by atoms with Gasteiger partial charge in [0.1, 0.15) is 22.3 Å². The SMILES string of the molecule is FC(F)(F)c1cccc(N2CCC(COc3ccncc3Cl)CC2)n1. The summed E-state index contributed by atoms with van der Waals surface area (Å²) >= 11 is 6.00. The molecule has 0 aromatic carbocycles. The lowest BCUT2D eigenvalue weighted by molar-refractivity contribution is -0.141. The summed E-state index contributed by atoms with van der Waals surface area (Å²) in [6.45, 7) is 1.81. The van der Waals surface area contributed by atoms with Crippen LogP contribution >= 0.6 is 11.6 Å². The minimum atomic E-state index is -4.42. The first kappa shape index (κ1) is 17.8. The first-order chi connectivity index (χ1) is 11.9. The highest BCUT2D eigenvalue weighted by Gasteiger charge is 2.33. The van der Waals surface area contributed by atoms with Crippen molar-refractivity contribution in [1.29, 1.82) is 0 Å². The van der Waals surface area contributed by atoms with E-state index in [1.165, 1.54) is 12.3 Å². The highest BCUT2D eigenvalue weighted by Crippen LogP contribution is 2.30. The zero-order chi connectivity index (χ0) is 17.9. The van der Waals surface area contributed by atoms with Gasteiger partial charge in [0.2, 0.25) is 0 Å². The molecule has 4 nitrogen and oxygen atoms in total. The average Bonchev–Trinajstić information content (AvgIpc) is 2.61. The average molecular weight is 372 g/mol. The fourth-order valence-electron chi connectivity index (χ4n) is 2.77. The van der Waals surface area contributed by atoms with Crippen molar-refractivity contribution in [3.05, 3.63) is 47.4 Å². The number of hydrogen-bond acceptors (Lipinski definition) is 4. The Kier molecular flexibility index (Phi) is 5.32. The van der Waals surface area contributed by atoms with Crippen molar-refractivity contribution in [3.63, 3.8) is 0 Å². The summed E-state index contributed by atoms with van der Waals surface area (Å²) in [5, 5.41) is 0.466. The quantitative estimate of drug-likeness (QED) is 0.796. The van der Waals surface area contributed by atoms with Crippen LogP contribution in [0.2, 0.25) is 5.02 Å². The summed E-state index contributed by atoms with van der Waals surface area (Å²) in [5.74, 6) is 1.29. The van der Waals surface area contributed by atoms with Gasteiger partial charge < -0.3 is 9.64 Å². The molecule has 0 spiro atoms. The van der Waals surface area contributed by atoms with E-state index in [9.17, 15) is 13.2 Å². The summed E-state index contributed by atoms with van der Waals surface area (Å²) < 4.78 is 44.1. The van der Waals surface area contributed by atoms with E-state index >= 15 is 0 Å². The third-order valence-electron chi connectivity index (χ3n) is 4.17.